The lowest BCUT2D eigenvalue weighted by Gasteiger charge is -2.37. The van der Waals surface area contributed by atoms with Crippen LogP contribution in [0.25, 0.3) is 0 Å². The predicted molar refractivity (Wildman–Crippen MR) is 68.3 cm³/mol. The Morgan fingerprint density at radius 1 is 1.19 bits per heavy atom. The maximum atomic E-state index is 5.81. The second-order valence-corrected chi connectivity index (χ2v) is 6.29. The van der Waals surface area contributed by atoms with Gasteiger partial charge in [-0.3, -0.25) is 0 Å². The van der Waals surface area contributed by atoms with E-state index >= 15 is 0 Å². The van der Waals surface area contributed by atoms with E-state index in [1.54, 1.807) is 12.4 Å². The third-order valence-electron chi connectivity index (χ3n) is 3.51. The Bertz CT molecular complexity index is 369. The lowest BCUT2D eigenvalue weighted by Crippen LogP contribution is -2.44. The average molecular weight is 303 g/mol. The van der Waals surface area contributed by atoms with Crippen molar-refractivity contribution in [3.05, 3.63) is 17.4 Å². The van der Waals surface area contributed by atoms with E-state index in [2.05, 4.69) is 30.8 Å². The molecule has 0 aliphatic carbocycles. The Kier molecular flexibility index (Phi) is 2.80. The zero-order valence-electron chi connectivity index (χ0n) is 8.81. The minimum Gasteiger partial charge on any atom is -0.335 e. The Balaban J connectivity index is 1.88. The number of fused-ring (bicyclic) bond motifs is 2. The smallest absolute Gasteiger partial charge is 0.225 e. The van der Waals surface area contributed by atoms with Crippen molar-refractivity contribution in [2.45, 2.75) is 42.6 Å². The van der Waals surface area contributed by atoms with Crippen molar-refractivity contribution in [2.75, 3.05) is 4.90 Å². The van der Waals surface area contributed by atoms with Crippen molar-refractivity contribution >= 4 is 33.5 Å². The molecule has 2 aliphatic heterocycles. The predicted octanol–water partition coefficient (Wildman–Crippen LogP) is 3.02. The topological polar surface area (TPSA) is 29.0 Å². The molecule has 2 unspecified atom stereocenters. The summed E-state index contributed by atoms with van der Waals surface area (Å²) in [4.78, 5) is 11.7. The second kappa shape index (κ2) is 4.15. The number of nitrogens with zero attached hydrogens (tertiary/aromatic N) is 3. The lowest BCUT2D eigenvalue weighted by atomic mass is 10.0. The zero-order valence-corrected chi connectivity index (χ0v) is 11.2. The zero-order chi connectivity index (χ0) is 11.1. The summed E-state index contributed by atoms with van der Waals surface area (Å²) in [6.07, 6.45) is 8.29. The first kappa shape index (κ1) is 10.8. The first-order chi connectivity index (χ1) is 7.74. The molecule has 2 bridgehead atoms. The van der Waals surface area contributed by atoms with Gasteiger partial charge in [-0.05, 0) is 25.7 Å². The maximum Gasteiger partial charge on any atom is 0.225 e. The third kappa shape index (κ3) is 1.82. The van der Waals surface area contributed by atoms with Crippen LogP contribution in [0.5, 0.6) is 0 Å². The lowest BCUT2D eigenvalue weighted by molar-refractivity contribution is 0.475. The van der Waals surface area contributed by atoms with Crippen LogP contribution < -0.4 is 4.90 Å². The highest BCUT2D eigenvalue weighted by Gasteiger charge is 2.41. The van der Waals surface area contributed by atoms with Crippen LogP contribution in [-0.2, 0) is 0 Å². The van der Waals surface area contributed by atoms with Crippen LogP contribution >= 0.6 is 27.5 Å². The Labute approximate surface area is 108 Å². The molecule has 86 valence electrons. The van der Waals surface area contributed by atoms with Crippen LogP contribution in [0.3, 0.4) is 0 Å². The van der Waals surface area contributed by atoms with Gasteiger partial charge in [0, 0.05) is 16.9 Å². The largest absolute Gasteiger partial charge is 0.335 e. The molecule has 1 aromatic rings. The first-order valence-corrected chi connectivity index (χ1v) is 6.93. The number of aromatic nitrogens is 2. The van der Waals surface area contributed by atoms with Gasteiger partial charge in [-0.15, -0.1) is 0 Å². The molecule has 5 heteroatoms. The van der Waals surface area contributed by atoms with Gasteiger partial charge in [0.05, 0.1) is 17.4 Å². The Morgan fingerprint density at radius 3 is 2.31 bits per heavy atom. The molecular formula is C11H13BrClN3. The van der Waals surface area contributed by atoms with E-state index in [1.165, 1.54) is 25.7 Å². The van der Waals surface area contributed by atoms with E-state index in [9.17, 15) is 0 Å². The standard InChI is InChI=1S/C11H13BrClN3/c12-7-3-9-1-2-10(4-7)16(9)11-14-5-8(13)6-15-11/h5-7,9-10H,1-4H2. The fourth-order valence-electron chi connectivity index (χ4n) is 2.88. The summed E-state index contributed by atoms with van der Waals surface area (Å²) in [5.74, 6) is 0.844. The number of anilines is 1. The van der Waals surface area contributed by atoms with Crippen molar-refractivity contribution in [3.63, 3.8) is 0 Å². The fourth-order valence-corrected chi connectivity index (χ4v) is 3.84. The van der Waals surface area contributed by atoms with E-state index in [0.29, 0.717) is 21.9 Å². The third-order valence-corrected chi connectivity index (χ3v) is 4.46. The van der Waals surface area contributed by atoms with Crippen LogP contribution in [0.4, 0.5) is 5.95 Å². The number of halogens is 2. The molecule has 16 heavy (non-hydrogen) atoms. The molecule has 0 aromatic carbocycles. The van der Waals surface area contributed by atoms with Crippen LogP contribution in [0.2, 0.25) is 5.02 Å². The fraction of sp³-hybridized carbons (Fsp3) is 0.636. The van der Waals surface area contributed by atoms with Gasteiger partial charge in [-0.25, -0.2) is 9.97 Å². The second-order valence-electron chi connectivity index (χ2n) is 4.56. The highest BCUT2D eigenvalue weighted by molar-refractivity contribution is 9.09. The van der Waals surface area contributed by atoms with E-state index in [0.717, 1.165) is 5.95 Å². The number of hydrogen-bond donors (Lipinski definition) is 0. The molecule has 0 saturated carbocycles. The summed E-state index contributed by atoms with van der Waals surface area (Å²) in [5, 5.41) is 0.603. The van der Waals surface area contributed by atoms with E-state index in [-0.39, 0.29) is 0 Å². The van der Waals surface area contributed by atoms with Gasteiger partial charge >= 0.3 is 0 Å². The summed E-state index contributed by atoms with van der Waals surface area (Å²) >= 11 is 9.54. The van der Waals surface area contributed by atoms with Crippen molar-refractivity contribution < 1.29 is 0 Å². The molecule has 3 heterocycles. The average Bonchev–Trinajstić information content (AvgIpc) is 2.54. The molecule has 3 rings (SSSR count). The normalized spacial score (nSPS) is 33.1. The molecule has 0 spiro atoms. The van der Waals surface area contributed by atoms with Gasteiger partial charge in [0.2, 0.25) is 5.95 Å². The van der Waals surface area contributed by atoms with Crippen LogP contribution in [0, 0.1) is 0 Å². The minimum atomic E-state index is 0.601. The van der Waals surface area contributed by atoms with Crippen LogP contribution in [0.1, 0.15) is 25.7 Å². The highest BCUT2D eigenvalue weighted by atomic mass is 79.9. The highest BCUT2D eigenvalue weighted by Crippen LogP contribution is 2.40. The molecule has 2 saturated heterocycles. The quantitative estimate of drug-likeness (QED) is 0.747. The molecule has 0 radical (unpaired) electrons. The van der Waals surface area contributed by atoms with Gasteiger partial charge in [-0.1, -0.05) is 27.5 Å². The summed E-state index contributed by atoms with van der Waals surface area (Å²) in [7, 11) is 0. The van der Waals surface area contributed by atoms with Crippen molar-refractivity contribution in [1.82, 2.24) is 9.97 Å². The molecule has 1 aromatic heterocycles. The van der Waals surface area contributed by atoms with E-state index in [4.69, 9.17) is 11.6 Å². The molecule has 2 atom stereocenters. The summed E-state index contributed by atoms with van der Waals surface area (Å²) in [5.41, 5.74) is 0. The summed E-state index contributed by atoms with van der Waals surface area (Å²) < 4.78 is 0. The number of piperidine rings is 1. The van der Waals surface area contributed by atoms with E-state index in [1.807, 2.05) is 0 Å². The number of alkyl halides is 1. The SMILES string of the molecule is Clc1cnc(N2C3CCC2CC(Br)C3)nc1. The van der Waals surface area contributed by atoms with Gasteiger partial charge < -0.3 is 4.90 Å². The molecule has 3 nitrogen and oxygen atoms in total. The summed E-state index contributed by atoms with van der Waals surface area (Å²) in [6.45, 7) is 0. The molecule has 2 fully saturated rings. The van der Waals surface area contributed by atoms with Gasteiger partial charge in [-0.2, -0.15) is 0 Å². The maximum absolute atomic E-state index is 5.81. The van der Waals surface area contributed by atoms with Crippen LogP contribution in [0.15, 0.2) is 12.4 Å². The van der Waals surface area contributed by atoms with E-state index < -0.39 is 0 Å². The molecule has 0 amide bonds. The van der Waals surface area contributed by atoms with Gasteiger partial charge in [0.1, 0.15) is 0 Å². The van der Waals surface area contributed by atoms with Crippen LogP contribution in [-0.4, -0.2) is 26.9 Å². The Hall–Kier alpha value is -0.350. The number of hydrogen-bond acceptors (Lipinski definition) is 3. The van der Waals surface area contributed by atoms with Gasteiger partial charge in [0.15, 0.2) is 0 Å². The minimum absolute atomic E-state index is 0.601. The monoisotopic (exact) mass is 301 g/mol. The first-order valence-electron chi connectivity index (χ1n) is 5.64. The van der Waals surface area contributed by atoms with Crippen molar-refractivity contribution in [1.29, 1.82) is 0 Å². The Morgan fingerprint density at radius 2 is 1.75 bits per heavy atom. The van der Waals surface area contributed by atoms with Gasteiger partial charge in [0.25, 0.3) is 0 Å². The van der Waals surface area contributed by atoms with Crippen molar-refractivity contribution in [2.24, 2.45) is 0 Å². The molecular weight excluding hydrogens is 289 g/mol. The summed E-state index contributed by atoms with van der Waals surface area (Å²) in [6, 6.07) is 1.20. The molecule has 0 N–H and O–H groups in total. The van der Waals surface area contributed by atoms with Crippen molar-refractivity contribution in [3.8, 4) is 0 Å². The number of rotatable bonds is 1. The molecule has 2 aliphatic rings.